The van der Waals surface area contributed by atoms with Crippen molar-refractivity contribution in [3.05, 3.63) is 84.4 Å². The SMILES string of the molecule is COc1ccc([SH+]c2ccccc2)cc1.Cc1ccc(S(=O)(=O)[O-])cc1. The van der Waals surface area contributed by atoms with Gasteiger partial charge in [-0.25, -0.2) is 8.42 Å². The Balaban J connectivity index is 0.000000197. The summed E-state index contributed by atoms with van der Waals surface area (Å²) in [6, 6.07) is 24.4. The van der Waals surface area contributed by atoms with E-state index in [0.29, 0.717) is 0 Å². The third-order valence-electron chi connectivity index (χ3n) is 3.40. The number of benzene rings is 3. The second-order valence-corrected chi connectivity index (χ2v) is 8.05. The van der Waals surface area contributed by atoms with Crippen molar-refractivity contribution in [2.24, 2.45) is 0 Å². The van der Waals surface area contributed by atoms with E-state index >= 15 is 0 Å². The highest BCUT2D eigenvalue weighted by Gasteiger charge is 2.05. The summed E-state index contributed by atoms with van der Waals surface area (Å²) in [4.78, 5) is 2.41. The smallest absolute Gasteiger partial charge is 0.158 e. The summed E-state index contributed by atoms with van der Waals surface area (Å²) in [5, 5.41) is 0. The van der Waals surface area contributed by atoms with Gasteiger partial charge in [0.2, 0.25) is 0 Å². The Hall–Kier alpha value is -2.28. The third-order valence-corrected chi connectivity index (χ3v) is 5.36. The molecule has 0 amide bonds. The monoisotopic (exact) mass is 388 g/mol. The zero-order valence-electron chi connectivity index (χ0n) is 14.5. The van der Waals surface area contributed by atoms with Crippen LogP contribution < -0.4 is 4.74 Å². The van der Waals surface area contributed by atoms with Gasteiger partial charge in [-0.15, -0.1) is 0 Å². The lowest BCUT2D eigenvalue weighted by atomic mass is 10.2. The molecule has 26 heavy (non-hydrogen) atoms. The van der Waals surface area contributed by atoms with Crippen LogP contribution in [0.5, 0.6) is 5.75 Å². The molecule has 3 aromatic carbocycles. The molecule has 0 aliphatic rings. The summed E-state index contributed by atoms with van der Waals surface area (Å²) in [5.41, 5.74) is 0.928. The molecule has 0 aliphatic carbocycles. The molecule has 0 spiro atoms. The fourth-order valence-corrected chi connectivity index (χ4v) is 3.40. The van der Waals surface area contributed by atoms with E-state index in [0.717, 1.165) is 11.3 Å². The number of rotatable bonds is 4. The van der Waals surface area contributed by atoms with Crippen LogP contribution in [0.3, 0.4) is 0 Å². The number of methoxy groups -OCH3 is 1. The van der Waals surface area contributed by atoms with Crippen molar-refractivity contribution in [1.29, 1.82) is 0 Å². The average molecular weight is 389 g/mol. The second-order valence-electron chi connectivity index (χ2n) is 5.41. The Morgan fingerprint density at radius 3 is 1.85 bits per heavy atom. The van der Waals surface area contributed by atoms with E-state index in [-0.39, 0.29) is 4.90 Å². The molecule has 0 heterocycles. The Morgan fingerprint density at radius 1 is 0.808 bits per heavy atom. The van der Waals surface area contributed by atoms with Crippen molar-refractivity contribution in [3.8, 4) is 5.75 Å². The van der Waals surface area contributed by atoms with Crippen molar-refractivity contribution in [2.45, 2.75) is 21.6 Å². The minimum atomic E-state index is -4.27. The van der Waals surface area contributed by atoms with Crippen molar-refractivity contribution < 1.29 is 17.7 Å². The number of ether oxygens (including phenoxy) is 1. The van der Waals surface area contributed by atoms with Gasteiger partial charge in [-0.2, -0.15) is 0 Å². The quantitative estimate of drug-likeness (QED) is 0.387. The van der Waals surface area contributed by atoms with Crippen LogP contribution in [0.15, 0.2) is 93.5 Å². The van der Waals surface area contributed by atoms with Crippen LogP contribution in [0, 0.1) is 6.92 Å². The molecule has 0 aliphatic heterocycles. The van der Waals surface area contributed by atoms with E-state index in [9.17, 15) is 13.0 Å². The maximum Gasteiger partial charge on any atom is 0.158 e. The molecule has 0 atom stereocenters. The van der Waals surface area contributed by atoms with E-state index in [4.69, 9.17) is 4.74 Å². The molecular weight excluding hydrogens is 368 g/mol. The summed E-state index contributed by atoms with van der Waals surface area (Å²) in [5.74, 6) is 0.905. The lowest BCUT2D eigenvalue weighted by Crippen LogP contribution is -1.97. The van der Waals surface area contributed by atoms with Gasteiger partial charge in [0.15, 0.2) is 9.79 Å². The van der Waals surface area contributed by atoms with Crippen molar-refractivity contribution in [2.75, 3.05) is 7.11 Å². The molecule has 0 saturated carbocycles. The van der Waals surface area contributed by atoms with Gasteiger partial charge >= 0.3 is 0 Å². The third kappa shape index (κ3) is 6.55. The fourth-order valence-electron chi connectivity index (χ4n) is 2.01. The molecule has 6 heteroatoms. The highest BCUT2D eigenvalue weighted by molar-refractivity contribution is 7.85. The normalized spacial score (nSPS) is 10.6. The molecule has 4 nitrogen and oxygen atoms in total. The summed E-state index contributed by atoms with van der Waals surface area (Å²) >= 11 is 1.24. The molecule has 0 unspecified atom stereocenters. The Bertz CT molecular complexity index is 904. The molecule has 3 rings (SSSR count). The van der Waals surface area contributed by atoms with Crippen molar-refractivity contribution >= 4 is 21.9 Å². The molecule has 0 N–H and O–H groups in total. The number of thiol groups is 1. The van der Waals surface area contributed by atoms with Crippen LogP contribution in [-0.2, 0) is 21.9 Å². The number of aryl methyl sites for hydroxylation is 1. The van der Waals surface area contributed by atoms with E-state index < -0.39 is 10.1 Å². The zero-order valence-corrected chi connectivity index (χ0v) is 16.2. The van der Waals surface area contributed by atoms with Crippen LogP contribution in [0.1, 0.15) is 5.56 Å². The lowest BCUT2D eigenvalue weighted by Gasteiger charge is -2.05. The summed E-state index contributed by atoms with van der Waals surface area (Å²) in [6.07, 6.45) is 0. The minimum Gasteiger partial charge on any atom is -0.744 e. The van der Waals surface area contributed by atoms with Crippen LogP contribution in [0.2, 0.25) is 0 Å². The molecule has 0 saturated heterocycles. The van der Waals surface area contributed by atoms with Crippen LogP contribution in [-0.4, -0.2) is 20.1 Å². The van der Waals surface area contributed by atoms with E-state index in [2.05, 4.69) is 36.4 Å². The van der Waals surface area contributed by atoms with Crippen LogP contribution in [0.4, 0.5) is 0 Å². The number of hydrogen-bond acceptors (Lipinski definition) is 4. The van der Waals surface area contributed by atoms with Crippen LogP contribution >= 0.6 is 0 Å². The van der Waals surface area contributed by atoms with Gasteiger partial charge in [0.05, 0.1) is 12.0 Å². The first kappa shape index (κ1) is 20.0. The predicted octanol–water partition coefficient (Wildman–Crippen LogP) is 3.83. The first-order valence-electron chi connectivity index (χ1n) is 7.82. The molecule has 0 radical (unpaired) electrons. The fraction of sp³-hybridized carbons (Fsp3) is 0.100. The largest absolute Gasteiger partial charge is 0.744 e. The van der Waals surface area contributed by atoms with Gasteiger partial charge in [-0.05, 0) is 55.5 Å². The molecule has 0 bridgehead atoms. The Morgan fingerprint density at radius 2 is 1.35 bits per heavy atom. The van der Waals surface area contributed by atoms with E-state index in [1.54, 1.807) is 19.2 Å². The maximum absolute atomic E-state index is 10.4. The Kier molecular flexibility index (Phi) is 7.26. The summed E-state index contributed by atoms with van der Waals surface area (Å²) in [7, 11) is -2.59. The van der Waals surface area contributed by atoms with E-state index in [1.165, 1.54) is 33.7 Å². The van der Waals surface area contributed by atoms with Gasteiger partial charge in [-0.1, -0.05) is 35.9 Å². The first-order valence-corrected chi connectivity index (χ1v) is 10.1. The molecular formula is C20H20O4S2. The van der Waals surface area contributed by atoms with Crippen molar-refractivity contribution in [1.82, 2.24) is 0 Å². The van der Waals surface area contributed by atoms with Crippen molar-refractivity contribution in [3.63, 3.8) is 0 Å². The topological polar surface area (TPSA) is 66.4 Å². The van der Waals surface area contributed by atoms with Gasteiger partial charge in [0, 0.05) is 11.8 Å². The Labute approximate surface area is 158 Å². The van der Waals surface area contributed by atoms with Gasteiger partial charge < -0.3 is 9.29 Å². The van der Waals surface area contributed by atoms with E-state index in [1.807, 2.05) is 25.1 Å². The van der Waals surface area contributed by atoms with Gasteiger partial charge in [-0.3, -0.25) is 0 Å². The average Bonchev–Trinajstić information content (AvgIpc) is 2.63. The van der Waals surface area contributed by atoms with Crippen LogP contribution in [0.25, 0.3) is 0 Å². The van der Waals surface area contributed by atoms with Gasteiger partial charge in [0.1, 0.15) is 15.9 Å². The first-order chi connectivity index (χ1) is 12.4. The molecule has 0 aromatic heterocycles. The van der Waals surface area contributed by atoms with Gasteiger partial charge in [0.25, 0.3) is 0 Å². The summed E-state index contributed by atoms with van der Waals surface area (Å²) < 4.78 is 36.3. The molecule has 3 aromatic rings. The highest BCUT2D eigenvalue weighted by atomic mass is 32.2. The standard InChI is InChI=1S/C13H12OS.C7H8O3S/c1-14-11-7-9-13(10-8-11)15-12-5-3-2-4-6-12;1-6-2-4-7(5-3-6)11(8,9)10/h2-10H,1H3;2-5H,1H3,(H,8,9,10). The summed E-state index contributed by atoms with van der Waals surface area (Å²) in [6.45, 7) is 1.82. The molecule has 136 valence electrons. The zero-order chi connectivity index (χ0) is 19.0. The number of hydrogen-bond donors (Lipinski definition) is 0. The maximum atomic E-state index is 10.4. The molecule has 0 fully saturated rings. The highest BCUT2D eigenvalue weighted by Crippen LogP contribution is 2.16. The minimum absolute atomic E-state index is 0.178. The second kappa shape index (κ2) is 9.43. The predicted molar refractivity (Wildman–Crippen MR) is 104 cm³/mol. The lowest BCUT2D eigenvalue weighted by molar-refractivity contribution is 0.414.